The Labute approximate surface area is 224 Å². The highest BCUT2D eigenvalue weighted by molar-refractivity contribution is 6.35. The highest BCUT2D eigenvalue weighted by atomic mass is 16.5. The highest BCUT2D eigenvalue weighted by Crippen LogP contribution is 2.32. The molecule has 5 rings (SSSR count). The minimum Gasteiger partial charge on any atom is -0.457 e. The van der Waals surface area contributed by atoms with Crippen molar-refractivity contribution in [1.82, 2.24) is 0 Å². The van der Waals surface area contributed by atoms with Gasteiger partial charge < -0.3 is 14.8 Å². The van der Waals surface area contributed by atoms with E-state index in [0.29, 0.717) is 22.9 Å². The number of benzene rings is 4. The molecule has 39 heavy (non-hydrogen) atoms. The maximum atomic E-state index is 13.1. The van der Waals surface area contributed by atoms with Gasteiger partial charge in [0.15, 0.2) is 6.61 Å². The van der Waals surface area contributed by atoms with E-state index in [-0.39, 0.29) is 16.7 Å². The van der Waals surface area contributed by atoms with Crippen LogP contribution in [-0.4, -0.2) is 30.3 Å². The van der Waals surface area contributed by atoms with Gasteiger partial charge >= 0.3 is 5.97 Å². The van der Waals surface area contributed by atoms with E-state index < -0.39 is 30.3 Å². The summed E-state index contributed by atoms with van der Waals surface area (Å²) in [5.74, 6) is -1.13. The third-order valence-corrected chi connectivity index (χ3v) is 6.16. The number of imide groups is 1. The molecule has 8 heteroatoms. The number of nitrogens with one attached hydrogen (secondary N) is 1. The molecule has 0 spiro atoms. The summed E-state index contributed by atoms with van der Waals surface area (Å²) in [5.41, 5.74) is 3.02. The second-order valence-electron chi connectivity index (χ2n) is 9.06. The van der Waals surface area contributed by atoms with E-state index in [2.05, 4.69) is 5.32 Å². The minimum absolute atomic E-state index is 0.0590. The second kappa shape index (κ2) is 10.6. The molecule has 1 heterocycles. The van der Waals surface area contributed by atoms with Crippen LogP contribution in [0.15, 0.2) is 91.0 Å². The van der Waals surface area contributed by atoms with E-state index in [1.807, 2.05) is 56.3 Å². The van der Waals surface area contributed by atoms with E-state index in [9.17, 15) is 19.2 Å². The number of rotatable bonds is 7. The number of para-hydroxylation sites is 1. The molecule has 0 aliphatic carbocycles. The van der Waals surface area contributed by atoms with Crippen LogP contribution in [0, 0.1) is 13.8 Å². The van der Waals surface area contributed by atoms with Gasteiger partial charge in [0, 0.05) is 11.8 Å². The van der Waals surface area contributed by atoms with E-state index in [4.69, 9.17) is 9.47 Å². The zero-order valence-corrected chi connectivity index (χ0v) is 21.3. The van der Waals surface area contributed by atoms with Crippen molar-refractivity contribution in [1.29, 1.82) is 0 Å². The summed E-state index contributed by atoms with van der Waals surface area (Å²) in [4.78, 5) is 52.3. The van der Waals surface area contributed by atoms with Gasteiger partial charge in [-0.25, -0.2) is 9.69 Å². The van der Waals surface area contributed by atoms with Crippen LogP contribution < -0.4 is 15.0 Å². The molecule has 1 aliphatic rings. The van der Waals surface area contributed by atoms with Gasteiger partial charge in [0.05, 0.1) is 22.4 Å². The number of ether oxygens (including phenoxy) is 2. The molecule has 0 atom stereocenters. The van der Waals surface area contributed by atoms with Gasteiger partial charge in [0.2, 0.25) is 0 Å². The van der Waals surface area contributed by atoms with Crippen LogP contribution in [0.3, 0.4) is 0 Å². The molecule has 1 aliphatic heterocycles. The minimum atomic E-state index is -0.792. The van der Waals surface area contributed by atoms with Crippen LogP contribution in [0.5, 0.6) is 11.5 Å². The van der Waals surface area contributed by atoms with E-state index in [0.717, 1.165) is 16.0 Å². The molecule has 0 unspecified atom stereocenters. The predicted octanol–water partition coefficient (Wildman–Crippen LogP) is 5.69. The third kappa shape index (κ3) is 5.40. The Kier molecular flexibility index (Phi) is 6.93. The van der Waals surface area contributed by atoms with Gasteiger partial charge in [-0.1, -0.05) is 36.4 Å². The first kappa shape index (κ1) is 25.4. The maximum Gasteiger partial charge on any atom is 0.338 e. The molecule has 4 aromatic rings. The van der Waals surface area contributed by atoms with Crippen molar-refractivity contribution >= 4 is 35.1 Å². The quantitative estimate of drug-likeness (QED) is 0.248. The van der Waals surface area contributed by atoms with Crippen molar-refractivity contribution in [2.24, 2.45) is 0 Å². The topological polar surface area (TPSA) is 102 Å². The highest BCUT2D eigenvalue weighted by Gasteiger charge is 2.38. The number of fused-ring (bicyclic) bond motifs is 1. The van der Waals surface area contributed by atoms with E-state index in [1.165, 1.54) is 18.2 Å². The lowest BCUT2D eigenvalue weighted by molar-refractivity contribution is -0.119. The fourth-order valence-electron chi connectivity index (χ4n) is 4.22. The molecular weight excluding hydrogens is 496 g/mol. The number of anilines is 2. The monoisotopic (exact) mass is 520 g/mol. The van der Waals surface area contributed by atoms with Gasteiger partial charge in [-0.15, -0.1) is 0 Å². The number of hydrogen-bond donors (Lipinski definition) is 1. The van der Waals surface area contributed by atoms with Crippen LogP contribution in [0.2, 0.25) is 0 Å². The van der Waals surface area contributed by atoms with Crippen LogP contribution in [0.4, 0.5) is 11.4 Å². The van der Waals surface area contributed by atoms with Crippen molar-refractivity contribution in [2.45, 2.75) is 13.8 Å². The lowest BCUT2D eigenvalue weighted by Gasteiger charge is -2.17. The number of carbonyl (C=O) groups is 4. The fraction of sp³-hybridized carbons (Fsp3) is 0.0968. The Bertz CT molecular complexity index is 1610. The molecule has 0 saturated heterocycles. The molecule has 0 bridgehead atoms. The van der Waals surface area contributed by atoms with Crippen LogP contribution >= 0.6 is 0 Å². The Morgan fingerprint density at radius 1 is 0.769 bits per heavy atom. The van der Waals surface area contributed by atoms with Gasteiger partial charge in [0.25, 0.3) is 17.7 Å². The Balaban J connectivity index is 1.22. The number of esters is 1. The number of carbonyl (C=O) groups excluding carboxylic acids is 4. The van der Waals surface area contributed by atoms with Gasteiger partial charge in [-0.05, 0) is 73.5 Å². The van der Waals surface area contributed by atoms with Crippen molar-refractivity contribution in [3.63, 3.8) is 0 Å². The zero-order chi connectivity index (χ0) is 27.5. The van der Waals surface area contributed by atoms with Crippen molar-refractivity contribution in [2.75, 3.05) is 16.8 Å². The smallest absolute Gasteiger partial charge is 0.338 e. The summed E-state index contributed by atoms with van der Waals surface area (Å²) in [6.07, 6.45) is 0. The average Bonchev–Trinajstić information content (AvgIpc) is 3.18. The number of nitrogens with zero attached hydrogens (tertiary/aromatic N) is 1. The largest absolute Gasteiger partial charge is 0.457 e. The SMILES string of the molecule is Cc1ccc(C)c(N2C(=O)c3ccc(C(=O)OCC(=O)Nc4cccc(Oc5ccccc5)c4)cc3C2=O)c1. The fourth-order valence-corrected chi connectivity index (χ4v) is 4.22. The maximum absolute atomic E-state index is 13.1. The summed E-state index contributed by atoms with van der Waals surface area (Å²) in [6, 6.07) is 25.7. The Morgan fingerprint density at radius 3 is 2.31 bits per heavy atom. The average molecular weight is 521 g/mol. The first-order valence-electron chi connectivity index (χ1n) is 12.2. The molecule has 0 fully saturated rings. The first-order chi connectivity index (χ1) is 18.8. The lowest BCUT2D eigenvalue weighted by atomic mass is 10.1. The van der Waals surface area contributed by atoms with Gasteiger partial charge in [-0.3, -0.25) is 14.4 Å². The van der Waals surface area contributed by atoms with Crippen molar-refractivity contribution in [3.05, 3.63) is 119 Å². The van der Waals surface area contributed by atoms with Gasteiger partial charge in [0.1, 0.15) is 11.5 Å². The lowest BCUT2D eigenvalue weighted by Crippen LogP contribution is -2.30. The molecule has 1 N–H and O–H groups in total. The molecule has 0 aromatic heterocycles. The summed E-state index contributed by atoms with van der Waals surface area (Å²) < 4.78 is 10.9. The zero-order valence-electron chi connectivity index (χ0n) is 21.3. The molecule has 0 radical (unpaired) electrons. The molecule has 8 nitrogen and oxygen atoms in total. The third-order valence-electron chi connectivity index (χ3n) is 6.16. The summed E-state index contributed by atoms with van der Waals surface area (Å²) in [7, 11) is 0. The van der Waals surface area contributed by atoms with Crippen LogP contribution in [-0.2, 0) is 9.53 Å². The summed E-state index contributed by atoms with van der Waals surface area (Å²) >= 11 is 0. The summed E-state index contributed by atoms with van der Waals surface area (Å²) in [6.45, 7) is 3.15. The second-order valence-corrected chi connectivity index (χ2v) is 9.06. The molecule has 4 aromatic carbocycles. The van der Waals surface area contributed by atoms with E-state index in [1.54, 1.807) is 30.3 Å². The number of hydrogen-bond acceptors (Lipinski definition) is 6. The van der Waals surface area contributed by atoms with Gasteiger partial charge in [-0.2, -0.15) is 0 Å². The Hall–Kier alpha value is -5.24. The standard InChI is InChI=1S/C31H24N2O6/c1-19-11-12-20(2)27(15-19)33-29(35)25-14-13-21(16-26(25)30(33)36)31(37)38-18-28(34)32-22-7-6-10-24(17-22)39-23-8-4-3-5-9-23/h3-17H,18H2,1-2H3,(H,32,34). The molecular formula is C31H24N2O6. The number of amides is 3. The normalized spacial score (nSPS) is 12.2. The van der Waals surface area contributed by atoms with Crippen molar-refractivity contribution < 1.29 is 28.7 Å². The molecule has 0 saturated carbocycles. The van der Waals surface area contributed by atoms with Crippen LogP contribution in [0.25, 0.3) is 0 Å². The van der Waals surface area contributed by atoms with Crippen molar-refractivity contribution in [3.8, 4) is 11.5 Å². The predicted molar refractivity (Wildman–Crippen MR) is 145 cm³/mol. The van der Waals surface area contributed by atoms with E-state index >= 15 is 0 Å². The molecule has 3 amide bonds. The summed E-state index contributed by atoms with van der Waals surface area (Å²) in [5, 5.41) is 2.66. The number of aryl methyl sites for hydroxylation is 2. The Morgan fingerprint density at radius 2 is 1.51 bits per heavy atom. The first-order valence-corrected chi connectivity index (χ1v) is 12.2. The molecule has 194 valence electrons. The van der Waals surface area contributed by atoms with Crippen LogP contribution in [0.1, 0.15) is 42.2 Å².